The number of hydrogen-bond acceptors (Lipinski definition) is 5. The zero-order chi connectivity index (χ0) is 23.6. The lowest BCUT2D eigenvalue weighted by molar-refractivity contribution is -0.121. The first-order valence-corrected chi connectivity index (χ1v) is 13.6. The molecule has 1 atom stereocenters. The van der Waals surface area contributed by atoms with E-state index in [9.17, 15) is 18.0 Å². The van der Waals surface area contributed by atoms with E-state index in [-0.39, 0.29) is 11.5 Å². The van der Waals surface area contributed by atoms with E-state index < -0.39 is 22.5 Å². The molecule has 178 valence electrons. The molecule has 0 bridgehead atoms. The minimum atomic E-state index is -3.65. The summed E-state index contributed by atoms with van der Waals surface area (Å²) in [6, 6.07) is 9.37. The lowest BCUT2D eigenvalue weighted by Gasteiger charge is -2.22. The minimum Gasteiger partial charge on any atom is -0.482 e. The van der Waals surface area contributed by atoms with Crippen LogP contribution in [0, 0.1) is 5.92 Å². The number of aromatic amines is 1. The molecule has 0 aliphatic heterocycles. The van der Waals surface area contributed by atoms with Crippen LogP contribution in [0.2, 0.25) is 5.02 Å². The number of aromatic nitrogens is 1. The summed E-state index contributed by atoms with van der Waals surface area (Å²) in [4.78, 5) is 27.5. The lowest BCUT2D eigenvalue weighted by atomic mass is 9.85. The first kappa shape index (κ1) is 23.8. The van der Waals surface area contributed by atoms with Crippen LogP contribution in [-0.2, 0) is 14.8 Å². The fourth-order valence-electron chi connectivity index (χ4n) is 4.67. The lowest BCUT2D eigenvalue weighted by Crippen LogP contribution is -2.33. The van der Waals surface area contributed by atoms with Crippen molar-refractivity contribution in [2.45, 2.75) is 56.8 Å². The molecule has 0 spiro atoms. The van der Waals surface area contributed by atoms with Gasteiger partial charge in [0.2, 0.25) is 10.0 Å². The summed E-state index contributed by atoms with van der Waals surface area (Å²) < 4.78 is 29.6. The van der Waals surface area contributed by atoms with Gasteiger partial charge in [0.25, 0.3) is 11.5 Å². The summed E-state index contributed by atoms with van der Waals surface area (Å²) in [5.41, 5.74) is 2.71. The molecule has 2 aliphatic carbocycles. The van der Waals surface area contributed by atoms with E-state index in [0.717, 1.165) is 42.3 Å². The summed E-state index contributed by atoms with van der Waals surface area (Å²) in [5.74, 6) is 0.498. The number of ether oxygens (including phenoxy) is 1. The van der Waals surface area contributed by atoms with Crippen molar-refractivity contribution in [2.24, 2.45) is 5.92 Å². The van der Waals surface area contributed by atoms with Gasteiger partial charge in [-0.25, -0.2) is 8.42 Å². The molecule has 2 aliphatic rings. The number of pyridine rings is 1. The first-order valence-electron chi connectivity index (χ1n) is 11.4. The van der Waals surface area contributed by atoms with Crippen molar-refractivity contribution in [2.75, 3.05) is 12.9 Å². The summed E-state index contributed by atoms with van der Waals surface area (Å²) in [5, 5.41) is 0.327. The molecular weight excluding hydrogens is 464 g/mol. The number of benzene rings is 1. The molecule has 0 saturated heterocycles. The van der Waals surface area contributed by atoms with E-state index in [1.54, 1.807) is 12.1 Å². The summed E-state index contributed by atoms with van der Waals surface area (Å²) >= 11 is 6.45. The number of carbonyl (C=O) groups excluding carboxylic acids is 1. The Morgan fingerprint density at radius 2 is 1.91 bits per heavy atom. The predicted octanol–water partition coefficient (Wildman–Crippen LogP) is 4.07. The van der Waals surface area contributed by atoms with Gasteiger partial charge in [0.1, 0.15) is 5.75 Å². The number of carbonyl (C=O) groups is 1. The Kier molecular flexibility index (Phi) is 7.14. The maximum atomic E-state index is 12.7. The maximum Gasteiger partial charge on any atom is 0.271 e. The van der Waals surface area contributed by atoms with Crippen LogP contribution in [0.25, 0.3) is 0 Å². The largest absolute Gasteiger partial charge is 0.482 e. The van der Waals surface area contributed by atoms with Crippen molar-refractivity contribution in [1.29, 1.82) is 0 Å². The van der Waals surface area contributed by atoms with Crippen LogP contribution < -0.4 is 15.0 Å². The Morgan fingerprint density at radius 3 is 2.52 bits per heavy atom. The van der Waals surface area contributed by atoms with Gasteiger partial charge >= 0.3 is 0 Å². The molecule has 2 fully saturated rings. The molecule has 1 aromatic heterocycles. The number of sulfonamides is 1. The number of H-pyrrole nitrogens is 1. The van der Waals surface area contributed by atoms with Gasteiger partial charge in [0, 0.05) is 17.2 Å². The van der Waals surface area contributed by atoms with Crippen LogP contribution in [-0.4, -0.2) is 32.2 Å². The highest BCUT2D eigenvalue weighted by Gasteiger charge is 2.28. The van der Waals surface area contributed by atoms with Crippen LogP contribution >= 0.6 is 11.6 Å². The number of rotatable bonds is 9. The molecule has 0 radical (unpaired) electrons. The monoisotopic (exact) mass is 492 g/mol. The Labute approximate surface area is 198 Å². The Morgan fingerprint density at radius 1 is 1.18 bits per heavy atom. The fourth-order valence-corrected chi connectivity index (χ4v) is 5.39. The predicted molar refractivity (Wildman–Crippen MR) is 127 cm³/mol. The van der Waals surface area contributed by atoms with E-state index in [1.807, 2.05) is 22.9 Å². The molecule has 33 heavy (non-hydrogen) atoms. The third-order valence-electron chi connectivity index (χ3n) is 6.42. The summed E-state index contributed by atoms with van der Waals surface area (Å²) in [6.07, 6.45) is 8.82. The molecule has 1 unspecified atom stereocenters. The summed E-state index contributed by atoms with van der Waals surface area (Å²) in [7, 11) is -3.65. The molecule has 4 rings (SSSR count). The van der Waals surface area contributed by atoms with Crippen molar-refractivity contribution >= 4 is 27.5 Å². The van der Waals surface area contributed by atoms with Crippen LogP contribution in [0.15, 0.2) is 35.1 Å². The van der Waals surface area contributed by atoms with Gasteiger partial charge in [-0.1, -0.05) is 49.4 Å². The Bertz CT molecular complexity index is 1180. The number of amides is 1. The highest BCUT2D eigenvalue weighted by Crippen LogP contribution is 2.41. The van der Waals surface area contributed by atoms with Crippen molar-refractivity contribution in [3.05, 3.63) is 62.5 Å². The number of nitrogens with one attached hydrogen (secondary N) is 2. The third-order valence-corrected chi connectivity index (χ3v) is 7.31. The molecule has 1 aromatic carbocycles. The minimum absolute atomic E-state index is 0.00522. The van der Waals surface area contributed by atoms with Gasteiger partial charge in [-0.2, -0.15) is 0 Å². The molecule has 2 aromatic rings. The van der Waals surface area contributed by atoms with Crippen molar-refractivity contribution in [3.8, 4) is 5.75 Å². The normalized spacial score (nSPS) is 17.6. The van der Waals surface area contributed by atoms with Gasteiger partial charge in [0.05, 0.1) is 11.3 Å². The van der Waals surface area contributed by atoms with Crippen molar-refractivity contribution in [1.82, 2.24) is 9.71 Å². The van der Waals surface area contributed by atoms with Gasteiger partial charge in [-0.15, -0.1) is 0 Å². The van der Waals surface area contributed by atoms with Gasteiger partial charge in [0.15, 0.2) is 6.61 Å². The average Bonchev–Trinajstić information content (AvgIpc) is 3.45. The van der Waals surface area contributed by atoms with Crippen LogP contribution in [0.1, 0.15) is 73.6 Å². The van der Waals surface area contributed by atoms with E-state index in [0.29, 0.717) is 22.6 Å². The molecule has 2 N–H and O–H groups in total. The smallest absolute Gasteiger partial charge is 0.271 e. The second-order valence-electron chi connectivity index (χ2n) is 9.19. The number of halogens is 1. The SMILES string of the molecule is CS(=O)(=O)NC(=O)COc1ccc(C(CC2CCCC2)c2ccc(C3CC3)c(=O)[nH]2)cc1Cl. The number of hydrogen-bond donors (Lipinski definition) is 2. The van der Waals surface area contributed by atoms with E-state index in [1.165, 1.54) is 25.7 Å². The van der Waals surface area contributed by atoms with E-state index in [2.05, 4.69) is 4.98 Å². The highest BCUT2D eigenvalue weighted by molar-refractivity contribution is 7.89. The van der Waals surface area contributed by atoms with Gasteiger partial charge in [-0.05, 0) is 54.9 Å². The van der Waals surface area contributed by atoms with Crippen molar-refractivity contribution < 1.29 is 17.9 Å². The Balaban J connectivity index is 1.55. The van der Waals surface area contributed by atoms with Gasteiger partial charge in [-0.3, -0.25) is 14.3 Å². The second-order valence-corrected chi connectivity index (χ2v) is 11.3. The van der Waals surface area contributed by atoms with E-state index >= 15 is 0 Å². The first-order chi connectivity index (χ1) is 15.7. The highest BCUT2D eigenvalue weighted by atomic mass is 35.5. The van der Waals surface area contributed by atoms with E-state index in [4.69, 9.17) is 16.3 Å². The molecule has 7 nitrogen and oxygen atoms in total. The average molecular weight is 493 g/mol. The summed E-state index contributed by atoms with van der Waals surface area (Å²) in [6.45, 7) is -0.465. The van der Waals surface area contributed by atoms with Crippen LogP contribution in [0.4, 0.5) is 0 Å². The standard InChI is InChI=1S/C24H29ClN2O5S/c1-33(30,31)27-23(28)14-32-22-11-8-17(13-20(22)25)19(12-15-4-2-3-5-15)21-10-9-18(16-6-7-16)24(29)26-21/h8-11,13,15-16,19H,2-7,12,14H2,1H3,(H,26,29)(H,27,28). The zero-order valence-electron chi connectivity index (χ0n) is 18.6. The van der Waals surface area contributed by atoms with Crippen molar-refractivity contribution in [3.63, 3.8) is 0 Å². The molecule has 2 saturated carbocycles. The second kappa shape index (κ2) is 9.89. The van der Waals surface area contributed by atoms with Gasteiger partial charge < -0.3 is 9.72 Å². The zero-order valence-corrected chi connectivity index (χ0v) is 20.2. The molecule has 1 heterocycles. The molecule has 9 heteroatoms. The molecular formula is C24H29ClN2O5S. The Hall–Kier alpha value is -2.32. The fraction of sp³-hybridized carbons (Fsp3) is 0.500. The molecule has 1 amide bonds. The van der Waals surface area contributed by atoms with Crippen LogP contribution in [0.3, 0.4) is 0 Å². The maximum absolute atomic E-state index is 12.7. The topological polar surface area (TPSA) is 105 Å². The third kappa shape index (κ3) is 6.38. The quantitative estimate of drug-likeness (QED) is 0.549. The van der Waals surface area contributed by atoms with Crippen LogP contribution in [0.5, 0.6) is 5.75 Å².